The van der Waals surface area contributed by atoms with Gasteiger partial charge in [0.2, 0.25) is 0 Å². The molecule has 0 rings (SSSR count). The number of allylic oxidation sites excluding steroid dienone is 2. The Morgan fingerprint density at radius 3 is 2.33 bits per heavy atom. The van der Waals surface area contributed by atoms with Crippen LogP contribution < -0.4 is 0 Å². The average molecular weight is 170 g/mol. The molecule has 0 aliphatic carbocycles. The van der Waals surface area contributed by atoms with Gasteiger partial charge in [0.1, 0.15) is 0 Å². The SMILES string of the molecule is CC(C)=CCC[C@@H](C)CC(C)O. The van der Waals surface area contributed by atoms with Gasteiger partial charge >= 0.3 is 0 Å². The summed E-state index contributed by atoms with van der Waals surface area (Å²) in [4.78, 5) is 0. The Kier molecular flexibility index (Phi) is 6.09. The average Bonchev–Trinajstić information content (AvgIpc) is 1.84. The highest BCUT2D eigenvalue weighted by Crippen LogP contribution is 2.13. The fourth-order valence-electron chi connectivity index (χ4n) is 1.36. The lowest BCUT2D eigenvalue weighted by Crippen LogP contribution is -2.06. The lowest BCUT2D eigenvalue weighted by atomic mass is 9.98. The van der Waals surface area contributed by atoms with Crippen LogP contribution in [0.1, 0.15) is 47.0 Å². The van der Waals surface area contributed by atoms with Gasteiger partial charge in [-0.05, 0) is 46.0 Å². The molecular weight excluding hydrogens is 148 g/mol. The number of hydrogen-bond donors (Lipinski definition) is 1. The number of aliphatic hydroxyl groups is 1. The van der Waals surface area contributed by atoms with Crippen LogP contribution in [-0.4, -0.2) is 11.2 Å². The smallest absolute Gasteiger partial charge is 0.0514 e. The second-order valence-corrected chi connectivity index (χ2v) is 4.05. The van der Waals surface area contributed by atoms with E-state index >= 15 is 0 Å². The first kappa shape index (κ1) is 11.7. The molecule has 1 heteroatoms. The van der Waals surface area contributed by atoms with E-state index in [1.807, 2.05) is 6.92 Å². The summed E-state index contributed by atoms with van der Waals surface area (Å²) < 4.78 is 0. The lowest BCUT2D eigenvalue weighted by Gasteiger charge is -2.11. The Bertz CT molecular complexity index is 132. The van der Waals surface area contributed by atoms with Crippen LogP contribution in [-0.2, 0) is 0 Å². The molecule has 12 heavy (non-hydrogen) atoms. The van der Waals surface area contributed by atoms with Crippen LogP contribution >= 0.6 is 0 Å². The molecule has 0 saturated heterocycles. The predicted molar refractivity (Wildman–Crippen MR) is 54.1 cm³/mol. The number of hydrogen-bond acceptors (Lipinski definition) is 1. The Hall–Kier alpha value is -0.300. The third kappa shape index (κ3) is 7.80. The molecule has 2 atom stereocenters. The third-order valence-corrected chi connectivity index (χ3v) is 1.96. The number of rotatable bonds is 5. The van der Waals surface area contributed by atoms with Crippen molar-refractivity contribution in [1.29, 1.82) is 0 Å². The highest BCUT2D eigenvalue weighted by atomic mass is 16.3. The van der Waals surface area contributed by atoms with Gasteiger partial charge < -0.3 is 5.11 Å². The van der Waals surface area contributed by atoms with E-state index in [9.17, 15) is 0 Å². The lowest BCUT2D eigenvalue weighted by molar-refractivity contribution is 0.162. The van der Waals surface area contributed by atoms with E-state index in [0.717, 1.165) is 12.8 Å². The molecule has 0 aromatic heterocycles. The predicted octanol–water partition coefficient (Wildman–Crippen LogP) is 3.14. The van der Waals surface area contributed by atoms with E-state index in [-0.39, 0.29) is 6.10 Å². The normalized spacial score (nSPS) is 15.4. The summed E-state index contributed by atoms with van der Waals surface area (Å²) in [7, 11) is 0. The van der Waals surface area contributed by atoms with Gasteiger partial charge in [-0.15, -0.1) is 0 Å². The van der Waals surface area contributed by atoms with Crippen molar-refractivity contribution in [2.45, 2.75) is 53.1 Å². The summed E-state index contributed by atoms with van der Waals surface area (Å²) in [5.74, 6) is 0.639. The van der Waals surface area contributed by atoms with Crippen molar-refractivity contribution >= 4 is 0 Å². The van der Waals surface area contributed by atoms with Gasteiger partial charge in [0.15, 0.2) is 0 Å². The zero-order valence-corrected chi connectivity index (χ0v) is 8.80. The molecular formula is C11H22O. The van der Waals surface area contributed by atoms with Crippen LogP contribution in [0.2, 0.25) is 0 Å². The molecule has 1 unspecified atom stereocenters. The van der Waals surface area contributed by atoms with Crippen molar-refractivity contribution in [2.24, 2.45) is 5.92 Å². The molecule has 0 radical (unpaired) electrons. The second-order valence-electron chi connectivity index (χ2n) is 4.05. The molecule has 0 heterocycles. The van der Waals surface area contributed by atoms with Gasteiger partial charge in [-0.1, -0.05) is 18.6 Å². The molecule has 0 spiro atoms. The molecule has 1 nitrogen and oxygen atoms in total. The second kappa shape index (κ2) is 6.24. The summed E-state index contributed by atoms with van der Waals surface area (Å²) in [5.41, 5.74) is 1.39. The summed E-state index contributed by atoms with van der Waals surface area (Å²) in [6, 6.07) is 0. The van der Waals surface area contributed by atoms with Crippen LogP contribution in [0.15, 0.2) is 11.6 Å². The van der Waals surface area contributed by atoms with Gasteiger partial charge in [-0.3, -0.25) is 0 Å². The fraction of sp³-hybridized carbons (Fsp3) is 0.818. The van der Waals surface area contributed by atoms with Crippen molar-refractivity contribution < 1.29 is 5.11 Å². The highest BCUT2D eigenvalue weighted by molar-refractivity contribution is 4.92. The summed E-state index contributed by atoms with van der Waals surface area (Å²) in [5, 5.41) is 9.12. The Balaban J connectivity index is 3.44. The van der Waals surface area contributed by atoms with Crippen LogP contribution in [0, 0.1) is 5.92 Å². The molecule has 0 aromatic rings. The molecule has 0 aromatic carbocycles. The van der Waals surface area contributed by atoms with Crippen LogP contribution in [0.4, 0.5) is 0 Å². The maximum absolute atomic E-state index is 9.12. The minimum atomic E-state index is -0.147. The molecule has 0 bridgehead atoms. The largest absolute Gasteiger partial charge is 0.393 e. The molecule has 0 amide bonds. The molecule has 0 aliphatic rings. The summed E-state index contributed by atoms with van der Waals surface area (Å²) >= 11 is 0. The van der Waals surface area contributed by atoms with E-state index < -0.39 is 0 Å². The Morgan fingerprint density at radius 2 is 1.92 bits per heavy atom. The number of aliphatic hydroxyl groups excluding tert-OH is 1. The van der Waals surface area contributed by atoms with E-state index in [1.165, 1.54) is 12.0 Å². The van der Waals surface area contributed by atoms with Gasteiger partial charge in [0.05, 0.1) is 6.10 Å². The van der Waals surface area contributed by atoms with Gasteiger partial charge in [-0.2, -0.15) is 0 Å². The van der Waals surface area contributed by atoms with Crippen molar-refractivity contribution in [1.82, 2.24) is 0 Å². The molecule has 0 aliphatic heterocycles. The van der Waals surface area contributed by atoms with Crippen LogP contribution in [0.25, 0.3) is 0 Å². The first-order chi connectivity index (χ1) is 5.52. The minimum Gasteiger partial charge on any atom is -0.393 e. The standard InChI is InChI=1S/C11H22O/c1-9(2)6-5-7-10(3)8-11(4)12/h6,10-12H,5,7-8H2,1-4H3/t10-,11?/m1/s1. The minimum absolute atomic E-state index is 0.147. The zero-order chi connectivity index (χ0) is 9.56. The summed E-state index contributed by atoms with van der Waals surface area (Å²) in [6.07, 6.45) is 5.38. The summed E-state index contributed by atoms with van der Waals surface area (Å²) in [6.45, 7) is 8.31. The topological polar surface area (TPSA) is 20.2 Å². The molecule has 1 N–H and O–H groups in total. The van der Waals surface area contributed by atoms with Crippen LogP contribution in [0.3, 0.4) is 0 Å². The first-order valence-corrected chi connectivity index (χ1v) is 4.83. The Morgan fingerprint density at radius 1 is 1.33 bits per heavy atom. The maximum Gasteiger partial charge on any atom is 0.0514 e. The van der Waals surface area contributed by atoms with Crippen LogP contribution in [0.5, 0.6) is 0 Å². The van der Waals surface area contributed by atoms with Crippen molar-refractivity contribution in [3.8, 4) is 0 Å². The monoisotopic (exact) mass is 170 g/mol. The maximum atomic E-state index is 9.12. The van der Waals surface area contributed by atoms with Crippen molar-refractivity contribution in [3.63, 3.8) is 0 Å². The zero-order valence-electron chi connectivity index (χ0n) is 8.80. The Labute approximate surface area is 76.5 Å². The van der Waals surface area contributed by atoms with E-state index in [0.29, 0.717) is 5.92 Å². The highest BCUT2D eigenvalue weighted by Gasteiger charge is 2.04. The molecule has 0 fully saturated rings. The van der Waals surface area contributed by atoms with Gasteiger partial charge in [-0.25, -0.2) is 0 Å². The molecule has 0 saturated carbocycles. The van der Waals surface area contributed by atoms with E-state index in [1.54, 1.807) is 0 Å². The quantitative estimate of drug-likeness (QED) is 0.628. The third-order valence-electron chi connectivity index (χ3n) is 1.96. The molecule has 72 valence electrons. The van der Waals surface area contributed by atoms with Gasteiger partial charge in [0, 0.05) is 0 Å². The first-order valence-electron chi connectivity index (χ1n) is 4.83. The van der Waals surface area contributed by atoms with Crippen molar-refractivity contribution in [3.05, 3.63) is 11.6 Å². The van der Waals surface area contributed by atoms with Crippen molar-refractivity contribution in [2.75, 3.05) is 0 Å². The fourth-order valence-corrected chi connectivity index (χ4v) is 1.36. The van der Waals surface area contributed by atoms with E-state index in [2.05, 4.69) is 26.8 Å². The van der Waals surface area contributed by atoms with Gasteiger partial charge in [0.25, 0.3) is 0 Å². The van der Waals surface area contributed by atoms with E-state index in [4.69, 9.17) is 5.11 Å².